The topological polar surface area (TPSA) is 9.23 Å². The average Bonchev–Trinajstić information content (AvgIpc) is 2.02. The molecule has 1 rings (SSSR count). The predicted octanol–water partition coefficient (Wildman–Crippen LogP) is 3.76. The summed E-state index contributed by atoms with van der Waals surface area (Å²) in [6.07, 6.45) is -4.41. The van der Waals surface area contributed by atoms with E-state index in [9.17, 15) is 13.2 Å². The van der Waals surface area contributed by atoms with Gasteiger partial charge in [-0.15, -0.1) is 0 Å². The third-order valence-electron chi connectivity index (χ3n) is 1.55. The van der Waals surface area contributed by atoms with E-state index < -0.39 is 11.7 Å². The maximum absolute atomic E-state index is 12.4. The van der Waals surface area contributed by atoms with Gasteiger partial charge in [-0.25, -0.2) is 0 Å². The lowest BCUT2D eigenvalue weighted by Gasteiger charge is -2.12. The molecule has 0 radical (unpaired) electrons. The maximum Gasteiger partial charge on any atom is 0.419 e. The second kappa shape index (κ2) is 4.09. The molecule has 0 N–H and O–H groups in total. The van der Waals surface area contributed by atoms with Gasteiger partial charge in [0.25, 0.3) is 0 Å². The number of alkyl halides is 3. The summed E-state index contributed by atoms with van der Waals surface area (Å²) in [6.45, 7) is 1.78. The zero-order valence-electron chi connectivity index (χ0n) is 7.36. The molecule has 0 spiro atoms. The second-order valence-electron chi connectivity index (χ2n) is 2.57. The van der Waals surface area contributed by atoms with Gasteiger partial charge in [0.2, 0.25) is 0 Å². The third kappa shape index (κ3) is 2.54. The minimum absolute atomic E-state index is 0.170. The van der Waals surface area contributed by atoms with Crippen LogP contribution in [0.15, 0.2) is 18.2 Å². The summed E-state index contributed by atoms with van der Waals surface area (Å²) in [7, 11) is 0. The molecule has 14 heavy (non-hydrogen) atoms. The van der Waals surface area contributed by atoms with E-state index in [2.05, 4.69) is 0 Å². The molecule has 0 atom stereocenters. The van der Waals surface area contributed by atoms with E-state index in [0.717, 1.165) is 12.1 Å². The van der Waals surface area contributed by atoms with Crippen molar-refractivity contribution < 1.29 is 17.9 Å². The summed E-state index contributed by atoms with van der Waals surface area (Å²) in [6, 6.07) is 3.26. The number of ether oxygens (including phenoxy) is 1. The predicted molar refractivity (Wildman–Crippen MR) is 47.6 cm³/mol. The summed E-state index contributed by atoms with van der Waals surface area (Å²) < 4.78 is 42.0. The molecule has 0 unspecified atom stereocenters. The third-order valence-corrected chi connectivity index (χ3v) is 1.78. The summed E-state index contributed by atoms with van der Waals surface area (Å²) in [5, 5.41) is 0.224. The Morgan fingerprint density at radius 2 is 2.00 bits per heavy atom. The normalized spacial score (nSPS) is 11.5. The molecular formula is C9H8ClF3O. The van der Waals surface area contributed by atoms with E-state index in [-0.39, 0.29) is 17.4 Å². The van der Waals surface area contributed by atoms with Crippen molar-refractivity contribution in [1.29, 1.82) is 0 Å². The van der Waals surface area contributed by atoms with E-state index >= 15 is 0 Å². The fourth-order valence-corrected chi connectivity index (χ4v) is 1.17. The SMILES string of the molecule is CCOc1cc(Cl)ccc1C(F)(F)F. The summed E-state index contributed by atoms with van der Waals surface area (Å²) in [4.78, 5) is 0. The average molecular weight is 225 g/mol. The van der Waals surface area contributed by atoms with Gasteiger partial charge >= 0.3 is 6.18 Å². The van der Waals surface area contributed by atoms with Crippen molar-refractivity contribution in [3.63, 3.8) is 0 Å². The molecule has 0 amide bonds. The van der Waals surface area contributed by atoms with Gasteiger partial charge in [-0.05, 0) is 25.1 Å². The first-order valence-corrected chi connectivity index (χ1v) is 4.32. The number of halogens is 4. The molecule has 0 bridgehead atoms. The van der Waals surface area contributed by atoms with Crippen molar-refractivity contribution in [2.45, 2.75) is 13.1 Å². The maximum atomic E-state index is 12.4. The summed E-state index contributed by atoms with van der Waals surface area (Å²) in [5.41, 5.74) is -0.802. The fraction of sp³-hybridized carbons (Fsp3) is 0.333. The molecule has 0 saturated heterocycles. The van der Waals surface area contributed by atoms with Crippen LogP contribution in [0.4, 0.5) is 13.2 Å². The highest BCUT2D eigenvalue weighted by atomic mass is 35.5. The minimum atomic E-state index is -4.41. The van der Waals surface area contributed by atoms with Gasteiger partial charge < -0.3 is 4.74 Å². The van der Waals surface area contributed by atoms with Crippen LogP contribution >= 0.6 is 11.6 Å². The van der Waals surface area contributed by atoms with Crippen LogP contribution in [-0.4, -0.2) is 6.61 Å². The van der Waals surface area contributed by atoms with Gasteiger partial charge in [0.15, 0.2) is 0 Å². The standard InChI is InChI=1S/C9H8ClF3O/c1-2-14-8-5-6(10)3-4-7(8)9(11,12)13/h3-5H,2H2,1H3. The zero-order chi connectivity index (χ0) is 10.8. The van der Waals surface area contributed by atoms with Crippen molar-refractivity contribution in [3.8, 4) is 5.75 Å². The highest BCUT2D eigenvalue weighted by Gasteiger charge is 2.34. The van der Waals surface area contributed by atoms with E-state index in [1.807, 2.05) is 0 Å². The van der Waals surface area contributed by atoms with Crippen LogP contribution in [0.25, 0.3) is 0 Å². The number of hydrogen-bond donors (Lipinski definition) is 0. The Morgan fingerprint density at radius 3 is 2.50 bits per heavy atom. The molecule has 0 aliphatic rings. The smallest absolute Gasteiger partial charge is 0.419 e. The van der Waals surface area contributed by atoms with Crippen molar-refractivity contribution in [3.05, 3.63) is 28.8 Å². The lowest BCUT2D eigenvalue weighted by atomic mass is 10.2. The van der Waals surface area contributed by atoms with Crippen LogP contribution in [0.2, 0.25) is 5.02 Å². The van der Waals surface area contributed by atoms with Crippen LogP contribution in [0.1, 0.15) is 12.5 Å². The Balaban J connectivity index is 3.15. The Hall–Kier alpha value is -0.900. The molecule has 0 aromatic heterocycles. The molecule has 1 aromatic rings. The van der Waals surface area contributed by atoms with Crippen LogP contribution < -0.4 is 4.74 Å². The second-order valence-corrected chi connectivity index (χ2v) is 3.01. The number of benzene rings is 1. The van der Waals surface area contributed by atoms with Crippen molar-refractivity contribution in [1.82, 2.24) is 0 Å². The van der Waals surface area contributed by atoms with Crippen LogP contribution in [0.3, 0.4) is 0 Å². The lowest BCUT2D eigenvalue weighted by molar-refractivity contribution is -0.138. The first-order chi connectivity index (χ1) is 6.45. The van der Waals surface area contributed by atoms with E-state index in [1.54, 1.807) is 6.92 Å². The van der Waals surface area contributed by atoms with Crippen LogP contribution in [0, 0.1) is 0 Å². The molecule has 1 aromatic carbocycles. The Labute approximate surface area is 84.4 Å². The Morgan fingerprint density at radius 1 is 1.36 bits per heavy atom. The molecule has 5 heteroatoms. The van der Waals surface area contributed by atoms with Gasteiger partial charge in [-0.3, -0.25) is 0 Å². The van der Waals surface area contributed by atoms with Crippen LogP contribution in [0.5, 0.6) is 5.75 Å². The largest absolute Gasteiger partial charge is 0.493 e. The molecule has 0 saturated carbocycles. The quantitative estimate of drug-likeness (QED) is 0.743. The highest BCUT2D eigenvalue weighted by Crippen LogP contribution is 2.37. The first-order valence-electron chi connectivity index (χ1n) is 3.94. The number of hydrogen-bond acceptors (Lipinski definition) is 1. The lowest BCUT2D eigenvalue weighted by Crippen LogP contribution is -2.08. The summed E-state index contributed by atoms with van der Waals surface area (Å²) in [5.74, 6) is -0.229. The molecule has 1 nitrogen and oxygen atoms in total. The zero-order valence-corrected chi connectivity index (χ0v) is 8.12. The monoisotopic (exact) mass is 224 g/mol. The van der Waals surface area contributed by atoms with Gasteiger partial charge in [0, 0.05) is 5.02 Å². The van der Waals surface area contributed by atoms with E-state index in [4.69, 9.17) is 16.3 Å². The Bertz CT molecular complexity index is 322. The molecule has 0 fully saturated rings. The van der Waals surface area contributed by atoms with Crippen molar-refractivity contribution in [2.24, 2.45) is 0 Å². The van der Waals surface area contributed by atoms with Gasteiger partial charge in [-0.1, -0.05) is 11.6 Å². The minimum Gasteiger partial charge on any atom is -0.493 e. The van der Waals surface area contributed by atoms with Crippen molar-refractivity contribution >= 4 is 11.6 Å². The molecule has 0 aliphatic heterocycles. The van der Waals surface area contributed by atoms with Gasteiger partial charge in [0.05, 0.1) is 12.2 Å². The van der Waals surface area contributed by atoms with E-state index in [0.29, 0.717) is 0 Å². The van der Waals surface area contributed by atoms with Crippen molar-refractivity contribution in [2.75, 3.05) is 6.61 Å². The molecule has 0 heterocycles. The fourth-order valence-electron chi connectivity index (χ4n) is 1.01. The van der Waals surface area contributed by atoms with Crippen LogP contribution in [-0.2, 0) is 6.18 Å². The number of rotatable bonds is 2. The first kappa shape index (κ1) is 11.2. The van der Waals surface area contributed by atoms with E-state index in [1.165, 1.54) is 6.07 Å². The van der Waals surface area contributed by atoms with Gasteiger partial charge in [0.1, 0.15) is 5.75 Å². The molecule has 0 aliphatic carbocycles. The molecule has 78 valence electrons. The summed E-state index contributed by atoms with van der Waals surface area (Å²) >= 11 is 5.56. The highest BCUT2D eigenvalue weighted by molar-refractivity contribution is 6.30. The Kier molecular flexibility index (Phi) is 3.26. The van der Waals surface area contributed by atoms with Gasteiger partial charge in [-0.2, -0.15) is 13.2 Å². The molecular weight excluding hydrogens is 217 g/mol.